The molecule has 0 atom stereocenters. The van der Waals surface area contributed by atoms with Crippen LogP contribution in [0.2, 0.25) is 0 Å². The maximum atomic E-state index is 5.36. The Kier molecular flexibility index (Phi) is 2.30. The fourth-order valence-corrected chi connectivity index (χ4v) is 0.665. The van der Waals surface area contributed by atoms with Gasteiger partial charge in [-0.05, 0) is 6.42 Å². The maximum absolute atomic E-state index is 5.36. The molecule has 0 aromatic rings. The highest BCUT2D eigenvalue weighted by atomic mass is 16.5. The van der Waals surface area contributed by atoms with E-state index in [4.69, 9.17) is 4.74 Å². The summed E-state index contributed by atoms with van der Waals surface area (Å²) < 4.78 is 5.36. The average molecular weight is 115 g/mol. The SMILES string of the molecule is CCCOC1CNC1. The van der Waals surface area contributed by atoms with E-state index < -0.39 is 0 Å². The van der Waals surface area contributed by atoms with E-state index in [1.807, 2.05) is 0 Å². The minimum Gasteiger partial charge on any atom is -0.376 e. The summed E-state index contributed by atoms with van der Waals surface area (Å²) in [4.78, 5) is 0. The molecule has 2 nitrogen and oxygen atoms in total. The van der Waals surface area contributed by atoms with Gasteiger partial charge in [0.15, 0.2) is 0 Å². The first-order valence-electron chi connectivity index (χ1n) is 3.26. The van der Waals surface area contributed by atoms with E-state index in [9.17, 15) is 0 Å². The molecular formula is C6H13NO. The van der Waals surface area contributed by atoms with Crippen molar-refractivity contribution in [1.82, 2.24) is 5.32 Å². The Morgan fingerprint density at radius 1 is 1.62 bits per heavy atom. The van der Waals surface area contributed by atoms with Crippen LogP contribution in [0.3, 0.4) is 0 Å². The predicted octanol–water partition coefficient (Wildman–Crippen LogP) is 0.385. The lowest BCUT2D eigenvalue weighted by Crippen LogP contribution is -2.48. The smallest absolute Gasteiger partial charge is 0.0823 e. The van der Waals surface area contributed by atoms with Gasteiger partial charge >= 0.3 is 0 Å². The summed E-state index contributed by atoms with van der Waals surface area (Å²) in [6.45, 7) is 5.17. The van der Waals surface area contributed by atoms with Crippen molar-refractivity contribution < 1.29 is 4.74 Å². The van der Waals surface area contributed by atoms with Gasteiger partial charge in [-0.2, -0.15) is 0 Å². The molecule has 0 aromatic heterocycles. The molecule has 1 aliphatic heterocycles. The van der Waals surface area contributed by atoms with E-state index in [1.54, 1.807) is 0 Å². The maximum Gasteiger partial charge on any atom is 0.0823 e. The molecule has 0 spiro atoms. The number of ether oxygens (including phenoxy) is 1. The quantitative estimate of drug-likeness (QED) is 0.574. The van der Waals surface area contributed by atoms with Crippen molar-refractivity contribution in [2.45, 2.75) is 19.4 Å². The zero-order valence-corrected chi connectivity index (χ0v) is 5.31. The fraction of sp³-hybridized carbons (Fsp3) is 1.00. The van der Waals surface area contributed by atoms with Gasteiger partial charge in [-0.1, -0.05) is 6.92 Å². The molecule has 1 heterocycles. The molecule has 48 valence electrons. The Balaban J connectivity index is 1.86. The second-order valence-corrected chi connectivity index (χ2v) is 2.15. The molecule has 0 aliphatic carbocycles. The highest BCUT2D eigenvalue weighted by Gasteiger charge is 2.15. The van der Waals surface area contributed by atoms with Gasteiger partial charge in [0, 0.05) is 19.7 Å². The van der Waals surface area contributed by atoms with E-state index in [0.29, 0.717) is 6.10 Å². The van der Waals surface area contributed by atoms with Gasteiger partial charge in [-0.25, -0.2) is 0 Å². The molecule has 1 fully saturated rings. The van der Waals surface area contributed by atoms with Crippen molar-refractivity contribution >= 4 is 0 Å². The van der Waals surface area contributed by atoms with Crippen molar-refractivity contribution in [2.24, 2.45) is 0 Å². The molecule has 2 heteroatoms. The molecule has 1 N–H and O–H groups in total. The predicted molar refractivity (Wildman–Crippen MR) is 32.9 cm³/mol. The lowest BCUT2D eigenvalue weighted by molar-refractivity contribution is 0.0194. The first-order chi connectivity index (χ1) is 3.93. The largest absolute Gasteiger partial charge is 0.376 e. The summed E-state index contributed by atoms with van der Waals surface area (Å²) in [6.07, 6.45) is 1.66. The standard InChI is InChI=1S/C6H13NO/c1-2-3-8-6-4-7-5-6/h6-7H,2-5H2,1H3. The Hall–Kier alpha value is -0.0800. The third kappa shape index (κ3) is 1.46. The molecule has 0 bridgehead atoms. The molecule has 8 heavy (non-hydrogen) atoms. The second kappa shape index (κ2) is 3.05. The number of nitrogens with one attached hydrogen (secondary N) is 1. The van der Waals surface area contributed by atoms with Crippen molar-refractivity contribution in [1.29, 1.82) is 0 Å². The molecule has 0 aromatic carbocycles. The van der Waals surface area contributed by atoms with Crippen LogP contribution in [0.15, 0.2) is 0 Å². The van der Waals surface area contributed by atoms with Gasteiger partial charge in [0.1, 0.15) is 0 Å². The monoisotopic (exact) mass is 115 g/mol. The van der Waals surface area contributed by atoms with E-state index in [-0.39, 0.29) is 0 Å². The molecule has 1 saturated heterocycles. The fourth-order valence-electron chi connectivity index (χ4n) is 0.665. The van der Waals surface area contributed by atoms with Crippen LogP contribution in [0.5, 0.6) is 0 Å². The zero-order valence-electron chi connectivity index (χ0n) is 5.31. The summed E-state index contributed by atoms with van der Waals surface area (Å²) in [7, 11) is 0. The summed E-state index contributed by atoms with van der Waals surface area (Å²) >= 11 is 0. The highest BCUT2D eigenvalue weighted by molar-refractivity contribution is 4.74. The van der Waals surface area contributed by atoms with Crippen LogP contribution in [0, 0.1) is 0 Å². The first kappa shape index (κ1) is 6.05. The topological polar surface area (TPSA) is 21.3 Å². The van der Waals surface area contributed by atoms with Crippen LogP contribution in [-0.2, 0) is 4.74 Å². The molecular weight excluding hydrogens is 102 g/mol. The van der Waals surface area contributed by atoms with Gasteiger partial charge in [0.05, 0.1) is 6.10 Å². The van der Waals surface area contributed by atoms with Gasteiger partial charge in [0.25, 0.3) is 0 Å². The highest BCUT2D eigenvalue weighted by Crippen LogP contribution is 1.97. The van der Waals surface area contributed by atoms with E-state index in [0.717, 1.165) is 26.1 Å². The van der Waals surface area contributed by atoms with Crippen LogP contribution < -0.4 is 5.32 Å². The van der Waals surface area contributed by atoms with Crippen molar-refractivity contribution in [3.8, 4) is 0 Å². The molecule has 0 radical (unpaired) electrons. The number of rotatable bonds is 3. The average Bonchev–Trinajstić information content (AvgIpc) is 1.63. The third-order valence-electron chi connectivity index (χ3n) is 1.30. The molecule has 0 saturated carbocycles. The third-order valence-corrected chi connectivity index (χ3v) is 1.30. The second-order valence-electron chi connectivity index (χ2n) is 2.15. The summed E-state index contributed by atoms with van der Waals surface area (Å²) in [6, 6.07) is 0. The van der Waals surface area contributed by atoms with E-state index >= 15 is 0 Å². The molecule has 1 aliphatic rings. The van der Waals surface area contributed by atoms with Crippen molar-refractivity contribution in [2.75, 3.05) is 19.7 Å². The van der Waals surface area contributed by atoms with Crippen LogP contribution in [0.25, 0.3) is 0 Å². The normalized spacial score (nSPS) is 20.6. The summed E-state index contributed by atoms with van der Waals surface area (Å²) in [5, 5.41) is 3.15. The van der Waals surface area contributed by atoms with Crippen molar-refractivity contribution in [3.05, 3.63) is 0 Å². The Labute approximate surface area is 50.2 Å². The van der Waals surface area contributed by atoms with Gasteiger partial charge < -0.3 is 10.1 Å². The van der Waals surface area contributed by atoms with Gasteiger partial charge in [-0.15, -0.1) is 0 Å². The minimum absolute atomic E-state index is 0.523. The Morgan fingerprint density at radius 3 is 2.75 bits per heavy atom. The molecule has 1 rings (SSSR count). The lowest BCUT2D eigenvalue weighted by atomic mass is 10.2. The zero-order chi connectivity index (χ0) is 5.82. The summed E-state index contributed by atoms with van der Waals surface area (Å²) in [5.41, 5.74) is 0. The van der Waals surface area contributed by atoms with E-state index in [2.05, 4.69) is 12.2 Å². The molecule has 0 amide bonds. The number of hydrogen-bond acceptors (Lipinski definition) is 2. The van der Waals surface area contributed by atoms with Crippen LogP contribution in [-0.4, -0.2) is 25.8 Å². The molecule has 0 unspecified atom stereocenters. The Morgan fingerprint density at radius 2 is 2.38 bits per heavy atom. The first-order valence-corrected chi connectivity index (χ1v) is 3.26. The van der Waals surface area contributed by atoms with Crippen LogP contribution in [0.4, 0.5) is 0 Å². The summed E-state index contributed by atoms with van der Waals surface area (Å²) in [5.74, 6) is 0. The number of hydrogen-bond donors (Lipinski definition) is 1. The Bertz CT molecular complexity index is 61.5. The van der Waals surface area contributed by atoms with Gasteiger partial charge in [0.2, 0.25) is 0 Å². The van der Waals surface area contributed by atoms with Crippen LogP contribution >= 0.6 is 0 Å². The lowest BCUT2D eigenvalue weighted by Gasteiger charge is -2.26. The minimum atomic E-state index is 0.523. The van der Waals surface area contributed by atoms with E-state index in [1.165, 1.54) is 0 Å². The van der Waals surface area contributed by atoms with Gasteiger partial charge in [-0.3, -0.25) is 0 Å². The van der Waals surface area contributed by atoms with Crippen molar-refractivity contribution in [3.63, 3.8) is 0 Å². The van der Waals surface area contributed by atoms with Crippen LogP contribution in [0.1, 0.15) is 13.3 Å².